The number of fused-ring (bicyclic) bond motifs is 4. The van der Waals surface area contributed by atoms with Gasteiger partial charge in [-0.15, -0.1) is 11.3 Å². The first kappa shape index (κ1) is 15.7. The van der Waals surface area contributed by atoms with E-state index in [9.17, 15) is 4.79 Å². The SMILES string of the molecule is CN1CCc2c(sc3c2C(=O)NC(C=Cc2ccc4c(c2)OCO4)N3)C1. The van der Waals surface area contributed by atoms with E-state index >= 15 is 0 Å². The van der Waals surface area contributed by atoms with Gasteiger partial charge in [-0.05, 0) is 42.8 Å². The lowest BCUT2D eigenvalue weighted by Crippen LogP contribution is -2.43. The van der Waals surface area contributed by atoms with Crippen LogP contribution in [-0.2, 0) is 13.0 Å². The van der Waals surface area contributed by atoms with Crippen LogP contribution in [0.2, 0.25) is 0 Å². The number of nitrogens with zero attached hydrogens (tertiary/aromatic N) is 1. The molecule has 2 aromatic rings. The third-order valence-corrected chi connectivity index (χ3v) is 6.07. The van der Waals surface area contributed by atoms with Gasteiger partial charge in [0.1, 0.15) is 11.2 Å². The number of ether oxygens (including phenoxy) is 2. The molecule has 0 radical (unpaired) electrons. The summed E-state index contributed by atoms with van der Waals surface area (Å²) < 4.78 is 10.7. The molecule has 0 saturated heterocycles. The summed E-state index contributed by atoms with van der Waals surface area (Å²) in [5.41, 5.74) is 3.06. The van der Waals surface area contributed by atoms with E-state index in [4.69, 9.17) is 9.47 Å². The van der Waals surface area contributed by atoms with Crippen molar-refractivity contribution in [3.63, 3.8) is 0 Å². The second-order valence-electron chi connectivity index (χ2n) is 6.76. The van der Waals surface area contributed by atoms with E-state index in [0.29, 0.717) is 0 Å². The summed E-state index contributed by atoms with van der Waals surface area (Å²) in [4.78, 5) is 16.2. The van der Waals surface area contributed by atoms with Crippen LogP contribution in [0.4, 0.5) is 5.00 Å². The molecule has 134 valence electrons. The lowest BCUT2D eigenvalue weighted by Gasteiger charge is -2.25. The normalized spacial score (nSPS) is 21.3. The van der Waals surface area contributed by atoms with Gasteiger partial charge >= 0.3 is 0 Å². The van der Waals surface area contributed by atoms with Crippen molar-refractivity contribution in [2.75, 3.05) is 25.7 Å². The van der Waals surface area contributed by atoms with Crippen molar-refractivity contribution in [1.82, 2.24) is 10.2 Å². The number of benzene rings is 1. The van der Waals surface area contributed by atoms with Gasteiger partial charge < -0.3 is 25.0 Å². The summed E-state index contributed by atoms with van der Waals surface area (Å²) in [7, 11) is 2.12. The number of hydrogen-bond acceptors (Lipinski definition) is 6. The van der Waals surface area contributed by atoms with Gasteiger partial charge in [0.05, 0.1) is 5.56 Å². The Kier molecular flexibility index (Phi) is 3.65. The molecule has 26 heavy (non-hydrogen) atoms. The molecule has 5 rings (SSSR count). The molecule has 1 aromatic carbocycles. The van der Waals surface area contributed by atoms with E-state index in [2.05, 4.69) is 22.6 Å². The Morgan fingerprint density at radius 1 is 1.27 bits per heavy atom. The molecule has 0 fully saturated rings. The number of likely N-dealkylation sites (N-methyl/N-ethyl adjacent to an activating group) is 1. The van der Waals surface area contributed by atoms with E-state index in [1.54, 1.807) is 11.3 Å². The standard InChI is InChI=1S/C19H19N3O3S/c1-22-7-6-12-15(9-22)26-19-17(12)18(23)20-16(21-19)5-3-11-2-4-13-14(8-11)25-10-24-13/h2-5,8,16,21H,6-7,9-10H2,1H3,(H,20,23). The number of hydrogen-bond donors (Lipinski definition) is 2. The number of anilines is 1. The fourth-order valence-corrected chi connectivity index (χ4v) is 4.95. The molecular weight excluding hydrogens is 350 g/mol. The van der Waals surface area contributed by atoms with E-state index < -0.39 is 0 Å². The van der Waals surface area contributed by atoms with Crippen LogP contribution in [0.25, 0.3) is 6.08 Å². The Balaban J connectivity index is 1.37. The Morgan fingerprint density at radius 2 is 2.15 bits per heavy atom. The maximum Gasteiger partial charge on any atom is 0.256 e. The van der Waals surface area contributed by atoms with Crippen LogP contribution < -0.4 is 20.1 Å². The third-order valence-electron chi connectivity index (χ3n) is 4.93. The average Bonchev–Trinajstić information content (AvgIpc) is 3.22. The first-order valence-electron chi connectivity index (χ1n) is 8.66. The molecule has 0 bridgehead atoms. The number of nitrogens with one attached hydrogen (secondary N) is 2. The van der Waals surface area contributed by atoms with Gasteiger partial charge in [-0.1, -0.05) is 12.1 Å². The number of thiophene rings is 1. The summed E-state index contributed by atoms with van der Waals surface area (Å²) in [6, 6.07) is 5.81. The van der Waals surface area contributed by atoms with Crippen LogP contribution in [-0.4, -0.2) is 37.4 Å². The highest BCUT2D eigenvalue weighted by Crippen LogP contribution is 2.39. The Hall–Kier alpha value is -2.51. The molecule has 0 spiro atoms. The van der Waals surface area contributed by atoms with E-state index in [1.165, 1.54) is 10.4 Å². The van der Waals surface area contributed by atoms with E-state index in [-0.39, 0.29) is 18.9 Å². The zero-order chi connectivity index (χ0) is 17.7. The fraction of sp³-hybridized carbons (Fsp3) is 0.316. The predicted molar refractivity (Wildman–Crippen MR) is 101 cm³/mol. The van der Waals surface area contributed by atoms with Crippen molar-refractivity contribution in [2.45, 2.75) is 19.1 Å². The first-order chi connectivity index (χ1) is 12.7. The smallest absolute Gasteiger partial charge is 0.256 e. The Labute approximate surface area is 155 Å². The zero-order valence-electron chi connectivity index (χ0n) is 14.4. The first-order valence-corrected chi connectivity index (χ1v) is 9.47. The highest BCUT2D eigenvalue weighted by atomic mass is 32.1. The van der Waals surface area contributed by atoms with Gasteiger partial charge in [-0.3, -0.25) is 4.79 Å². The van der Waals surface area contributed by atoms with Crippen LogP contribution in [0.5, 0.6) is 11.5 Å². The molecule has 4 heterocycles. The molecule has 0 saturated carbocycles. The highest BCUT2D eigenvalue weighted by Gasteiger charge is 2.31. The monoisotopic (exact) mass is 369 g/mol. The number of carbonyl (C=O) groups is 1. The largest absolute Gasteiger partial charge is 0.454 e. The molecular formula is C19H19N3O3S. The fourth-order valence-electron chi connectivity index (χ4n) is 3.58. The molecule has 6 nitrogen and oxygen atoms in total. The van der Waals surface area contributed by atoms with Crippen LogP contribution in [0.15, 0.2) is 24.3 Å². The second-order valence-corrected chi connectivity index (χ2v) is 7.87. The van der Waals surface area contributed by atoms with Crippen molar-refractivity contribution in [3.8, 4) is 11.5 Å². The lowest BCUT2D eigenvalue weighted by atomic mass is 10.0. The van der Waals surface area contributed by atoms with Crippen LogP contribution in [0, 0.1) is 0 Å². The highest BCUT2D eigenvalue weighted by molar-refractivity contribution is 7.16. The van der Waals surface area contributed by atoms with Gasteiger partial charge in [0.15, 0.2) is 11.5 Å². The number of carbonyl (C=O) groups excluding carboxylic acids is 1. The van der Waals surface area contributed by atoms with Gasteiger partial charge in [0.25, 0.3) is 5.91 Å². The van der Waals surface area contributed by atoms with Gasteiger partial charge in [0, 0.05) is 18.0 Å². The van der Waals surface area contributed by atoms with Gasteiger partial charge in [-0.25, -0.2) is 0 Å². The van der Waals surface area contributed by atoms with Crippen LogP contribution in [0.3, 0.4) is 0 Å². The Bertz CT molecular complexity index is 921. The third kappa shape index (κ3) is 2.64. The minimum absolute atomic E-state index is 0.0149. The maximum absolute atomic E-state index is 12.6. The molecule has 0 aliphatic carbocycles. The Morgan fingerprint density at radius 3 is 3.08 bits per heavy atom. The molecule has 1 unspecified atom stereocenters. The summed E-state index contributed by atoms with van der Waals surface area (Å²) in [6.45, 7) is 2.18. The van der Waals surface area contributed by atoms with Crippen molar-refractivity contribution in [3.05, 3.63) is 45.8 Å². The quantitative estimate of drug-likeness (QED) is 0.852. The van der Waals surface area contributed by atoms with Gasteiger partial charge in [0.2, 0.25) is 6.79 Å². The molecule has 1 amide bonds. The minimum Gasteiger partial charge on any atom is -0.454 e. The molecule has 3 aliphatic rings. The van der Waals surface area contributed by atoms with Gasteiger partial charge in [-0.2, -0.15) is 0 Å². The summed E-state index contributed by atoms with van der Waals surface area (Å²) >= 11 is 1.70. The molecule has 7 heteroatoms. The molecule has 2 N–H and O–H groups in total. The van der Waals surface area contributed by atoms with Crippen LogP contribution >= 0.6 is 11.3 Å². The van der Waals surface area contributed by atoms with Crippen molar-refractivity contribution in [2.24, 2.45) is 0 Å². The van der Waals surface area contributed by atoms with E-state index in [1.807, 2.05) is 30.4 Å². The number of rotatable bonds is 2. The minimum atomic E-state index is -0.224. The summed E-state index contributed by atoms with van der Waals surface area (Å²) in [5.74, 6) is 1.54. The lowest BCUT2D eigenvalue weighted by molar-refractivity contribution is 0.0942. The summed E-state index contributed by atoms with van der Waals surface area (Å²) in [5, 5.41) is 7.47. The average molecular weight is 369 g/mol. The second kappa shape index (κ2) is 6.03. The topological polar surface area (TPSA) is 62.8 Å². The maximum atomic E-state index is 12.6. The van der Waals surface area contributed by atoms with Crippen LogP contribution in [0.1, 0.15) is 26.4 Å². The predicted octanol–water partition coefficient (Wildman–Crippen LogP) is 2.66. The summed E-state index contributed by atoms with van der Waals surface area (Å²) in [6.07, 6.45) is 4.65. The molecule has 1 aromatic heterocycles. The molecule has 3 aliphatic heterocycles. The van der Waals surface area contributed by atoms with Crippen molar-refractivity contribution < 1.29 is 14.3 Å². The van der Waals surface area contributed by atoms with E-state index in [0.717, 1.165) is 47.1 Å². The zero-order valence-corrected chi connectivity index (χ0v) is 15.2. The van der Waals surface area contributed by atoms with Crippen molar-refractivity contribution in [1.29, 1.82) is 0 Å². The number of amides is 1. The molecule has 1 atom stereocenters. The van der Waals surface area contributed by atoms with Crippen molar-refractivity contribution >= 4 is 28.3 Å².